The molecule has 4 heterocycles. The molecule has 1 saturated carbocycles. The number of H-pyrrole nitrogens is 4. The van der Waals surface area contributed by atoms with E-state index in [9.17, 15) is 57.2 Å². The molecule has 616 valence electrons. The number of methoxy groups -OCH3 is 4. The van der Waals surface area contributed by atoms with Gasteiger partial charge in [-0.1, -0.05) is 130 Å². The zero-order chi connectivity index (χ0) is 84.9. The van der Waals surface area contributed by atoms with Gasteiger partial charge in [0.2, 0.25) is 0 Å². The zero-order valence-electron chi connectivity index (χ0n) is 66.6. The summed E-state index contributed by atoms with van der Waals surface area (Å²) in [6, 6.07) is 46.4. The monoisotopic (exact) mass is 1620 g/mol. The smallest absolute Gasteiger partial charge is 0.255 e. The van der Waals surface area contributed by atoms with Gasteiger partial charge in [0.15, 0.2) is 0 Å². The number of nitrogens with zero attached hydrogens (tertiary/aromatic N) is 4. The molecule has 2 atom stereocenters. The van der Waals surface area contributed by atoms with E-state index in [0.717, 1.165) is 53.5 Å². The molecule has 0 spiro atoms. The molecular weight excluding hydrogens is 1530 g/mol. The van der Waals surface area contributed by atoms with Crippen LogP contribution in [0.3, 0.4) is 0 Å². The molecule has 0 saturated heterocycles. The minimum atomic E-state index is -0.765. The maximum Gasteiger partial charge on any atom is 0.255 e. The van der Waals surface area contributed by atoms with Crippen LogP contribution >= 0.6 is 0 Å². The molecule has 13 aromatic rings. The van der Waals surface area contributed by atoms with Crippen molar-refractivity contribution in [3.63, 3.8) is 0 Å². The SMILES string of the molecule is COc1c(C(=O)NC(C)(C)CO)ccc2n[nH]c(/C=C/c3ccc(F)cc3)c12.COc1c(C(=O)NC2(CO)CCCC2)ccc2n[nH]c(/C=C/c3ccc(F)cc3)c12.COc1c(C(=O)N[C@@H](CO)C(C)C)ccc2n[nH]c(/C=C/c3ccc(F)cc3)c12.COc1c(C(=O)N[C@@H](CO)c2ccccc2)ccc2n[nH]c(/C=C/c3ccc(F)cc3)c12. The van der Waals surface area contributed by atoms with Crippen LogP contribution in [0.4, 0.5) is 17.6 Å². The highest BCUT2D eigenvalue weighted by molar-refractivity contribution is 6.09. The van der Waals surface area contributed by atoms with Crippen molar-refractivity contribution in [2.75, 3.05) is 54.9 Å². The van der Waals surface area contributed by atoms with E-state index >= 15 is 0 Å². The van der Waals surface area contributed by atoms with Crippen LogP contribution in [0.5, 0.6) is 23.0 Å². The van der Waals surface area contributed by atoms with Crippen LogP contribution in [0.1, 0.15) is 151 Å². The lowest BCUT2D eigenvalue weighted by atomic mass is 9.97. The number of amides is 4. The van der Waals surface area contributed by atoms with E-state index in [4.69, 9.17) is 18.9 Å². The molecule has 1 aliphatic carbocycles. The van der Waals surface area contributed by atoms with E-state index in [1.54, 1.807) is 129 Å². The number of fused-ring (bicyclic) bond motifs is 4. The van der Waals surface area contributed by atoms with Gasteiger partial charge < -0.3 is 60.6 Å². The molecule has 4 amide bonds. The fourth-order valence-corrected chi connectivity index (χ4v) is 13.4. The van der Waals surface area contributed by atoms with Crippen LogP contribution in [0, 0.1) is 29.2 Å². The highest BCUT2D eigenvalue weighted by atomic mass is 19.1. The quantitative estimate of drug-likeness (QED) is 0.0224. The largest absolute Gasteiger partial charge is 0.495 e. The molecule has 28 heteroatoms. The predicted molar refractivity (Wildman–Crippen MR) is 453 cm³/mol. The minimum absolute atomic E-state index is 0.0827. The number of aromatic nitrogens is 8. The van der Waals surface area contributed by atoms with E-state index in [2.05, 4.69) is 62.1 Å². The molecule has 24 nitrogen and oxygen atoms in total. The number of carbonyl (C=O) groups is 4. The van der Waals surface area contributed by atoms with E-state index in [0.29, 0.717) is 112 Å². The number of aliphatic hydroxyl groups excluding tert-OH is 4. The Morgan fingerprint density at radius 1 is 0.429 bits per heavy atom. The van der Waals surface area contributed by atoms with Gasteiger partial charge in [0.1, 0.15) is 46.3 Å². The first-order chi connectivity index (χ1) is 57.4. The lowest BCUT2D eigenvalue weighted by molar-refractivity contribution is 0.0833. The van der Waals surface area contributed by atoms with Crippen LogP contribution in [-0.4, -0.2) is 157 Å². The molecule has 119 heavy (non-hydrogen) atoms. The Bertz CT molecular complexity index is 5800. The van der Waals surface area contributed by atoms with Crippen molar-refractivity contribution in [2.45, 2.75) is 76.5 Å². The highest BCUT2D eigenvalue weighted by Gasteiger charge is 2.36. The van der Waals surface area contributed by atoms with Gasteiger partial charge in [0.05, 0.1) is 167 Å². The Balaban J connectivity index is 0.000000156. The molecule has 14 rings (SSSR count). The number of ether oxygens (including phenoxy) is 4. The average molecular weight is 1620 g/mol. The number of rotatable bonds is 26. The predicted octanol–water partition coefficient (Wildman–Crippen LogP) is 15.3. The van der Waals surface area contributed by atoms with Crippen molar-refractivity contribution < 1.29 is 76.1 Å². The summed E-state index contributed by atoms with van der Waals surface area (Å²) in [6.07, 6.45) is 18.0. The van der Waals surface area contributed by atoms with Gasteiger partial charge in [-0.3, -0.25) is 39.6 Å². The van der Waals surface area contributed by atoms with Gasteiger partial charge in [-0.15, -0.1) is 0 Å². The third-order valence-electron chi connectivity index (χ3n) is 19.9. The van der Waals surface area contributed by atoms with Gasteiger partial charge in [-0.25, -0.2) is 17.6 Å². The lowest BCUT2D eigenvalue weighted by Crippen LogP contribution is -2.49. The molecule has 12 N–H and O–H groups in total. The highest BCUT2D eigenvalue weighted by Crippen LogP contribution is 2.38. The molecule has 0 bridgehead atoms. The molecule has 1 aliphatic rings. The molecular formula is C91H92F4N12O12. The summed E-state index contributed by atoms with van der Waals surface area (Å²) in [4.78, 5) is 51.6. The first-order valence-corrected chi connectivity index (χ1v) is 38.1. The summed E-state index contributed by atoms with van der Waals surface area (Å²) in [5, 5.41) is 81.6. The normalized spacial score (nSPS) is 13.1. The van der Waals surface area contributed by atoms with Crippen molar-refractivity contribution >= 4 is 116 Å². The van der Waals surface area contributed by atoms with Gasteiger partial charge in [0, 0.05) is 0 Å². The number of hydrogen-bond donors (Lipinski definition) is 12. The number of aromatic amines is 4. The summed E-state index contributed by atoms with van der Waals surface area (Å²) in [5.41, 5.74) is 9.43. The van der Waals surface area contributed by atoms with Gasteiger partial charge in [0.25, 0.3) is 23.6 Å². The first kappa shape index (κ1) is 86.3. The minimum Gasteiger partial charge on any atom is -0.495 e. The van der Waals surface area contributed by atoms with Crippen molar-refractivity contribution in [3.8, 4) is 23.0 Å². The number of hydrogen-bond acceptors (Lipinski definition) is 16. The van der Waals surface area contributed by atoms with Crippen LogP contribution in [-0.2, 0) is 0 Å². The molecule has 4 aromatic heterocycles. The fraction of sp³-hybridized carbons (Fsp3) is 0.231. The van der Waals surface area contributed by atoms with Crippen molar-refractivity contribution in [1.82, 2.24) is 62.1 Å². The van der Waals surface area contributed by atoms with Crippen LogP contribution in [0.2, 0.25) is 0 Å². The maximum atomic E-state index is 13.1. The van der Waals surface area contributed by atoms with E-state index in [1.165, 1.54) is 77.0 Å². The Labute approximate surface area is 683 Å². The second kappa shape index (κ2) is 39.9. The van der Waals surface area contributed by atoms with Crippen LogP contribution in [0.25, 0.3) is 92.2 Å². The molecule has 1 fully saturated rings. The summed E-state index contributed by atoms with van der Waals surface area (Å²) < 4.78 is 74.7. The second-order valence-electron chi connectivity index (χ2n) is 29.0. The third kappa shape index (κ3) is 21.2. The van der Waals surface area contributed by atoms with Crippen molar-refractivity contribution in [3.05, 3.63) is 272 Å². The zero-order valence-corrected chi connectivity index (χ0v) is 66.6. The third-order valence-corrected chi connectivity index (χ3v) is 19.9. The molecule has 0 radical (unpaired) electrons. The summed E-state index contributed by atoms with van der Waals surface area (Å²) in [7, 11) is 6.00. The summed E-state index contributed by atoms with van der Waals surface area (Å²) in [5.74, 6) is -0.866. The number of halogens is 4. The second-order valence-corrected chi connectivity index (χ2v) is 29.0. The van der Waals surface area contributed by atoms with Gasteiger partial charge in [-0.2, -0.15) is 20.4 Å². The van der Waals surface area contributed by atoms with Crippen LogP contribution < -0.4 is 40.2 Å². The van der Waals surface area contributed by atoms with Gasteiger partial charge >= 0.3 is 0 Å². The Hall–Kier alpha value is -13.5. The topological polar surface area (TPSA) is 349 Å². The average Bonchev–Trinajstić information content (AvgIpc) is 1.69. The van der Waals surface area contributed by atoms with Crippen molar-refractivity contribution in [2.24, 2.45) is 5.92 Å². The molecule has 0 unspecified atom stereocenters. The Morgan fingerprint density at radius 2 is 0.748 bits per heavy atom. The number of carbonyl (C=O) groups excluding carboxylic acids is 4. The maximum absolute atomic E-state index is 13.1. The van der Waals surface area contributed by atoms with Gasteiger partial charge in [-0.05, 0) is 182 Å². The standard InChI is InChI=1S/C25H22FN3O3.C23H24FN3O3.C22H24FN3O3.C21H22FN3O3/c1-32-24-19(25(31)27-22(15-30)17-5-3-2-4-6-17)12-14-21-23(24)20(28-29-21)13-9-16-7-10-18(26)11-8-16;1-30-21-17(22(29)25-23(14-28)12-2-3-13-23)9-11-19-20(21)18(26-27-19)10-6-15-4-7-16(24)8-5-15;1-13(2)19(12-27)24-22(28)16-9-11-18-20(21(16)29-3)17(25-26-18)10-6-14-4-7-15(23)8-5-14;1-21(2,12-26)23-20(27)15-9-11-17-18(19(15)28-3)16(24-25-17)10-6-13-4-7-14(22)8-5-13/h2-14,22,30H,15H2,1H3,(H,27,31)(H,28,29);4-11,28H,2-3,12-14H2,1H3,(H,25,29)(H,26,27);4-11,13,19,27H,12H2,1-3H3,(H,24,28)(H,25,26);4-11,26H,12H2,1-3H3,(H,23,27)(H,24,25)/b13-9+;3*10-6+/t22-;;19-;/m0.0./s1. The molecule has 0 aliphatic heterocycles. The first-order valence-electron chi connectivity index (χ1n) is 38.1. The number of nitrogens with one attached hydrogen (secondary N) is 8. The number of benzene rings is 9. The number of aliphatic hydroxyl groups is 4. The summed E-state index contributed by atoms with van der Waals surface area (Å²) in [6.45, 7) is 6.64. The molecule has 9 aromatic carbocycles. The van der Waals surface area contributed by atoms with E-state index < -0.39 is 17.1 Å². The Kier molecular flexibility index (Phi) is 28.9. The Morgan fingerprint density at radius 3 is 1.04 bits per heavy atom. The van der Waals surface area contributed by atoms with Crippen LogP contribution in [0.15, 0.2) is 176 Å². The fourth-order valence-electron chi connectivity index (χ4n) is 13.4. The van der Waals surface area contributed by atoms with Crippen molar-refractivity contribution in [1.29, 1.82) is 0 Å². The van der Waals surface area contributed by atoms with E-state index in [1.807, 2.05) is 74.6 Å². The lowest BCUT2D eigenvalue weighted by Gasteiger charge is -2.28. The summed E-state index contributed by atoms with van der Waals surface area (Å²) >= 11 is 0. The van der Waals surface area contributed by atoms with E-state index in [-0.39, 0.29) is 85.3 Å².